The summed E-state index contributed by atoms with van der Waals surface area (Å²) < 4.78 is 37.5. The van der Waals surface area contributed by atoms with E-state index in [1.807, 2.05) is 0 Å². The second kappa shape index (κ2) is 4.69. The molecular formula is C12H10F3N3OS. The number of benzene rings is 1. The predicted octanol–water partition coefficient (Wildman–Crippen LogP) is 2.37. The summed E-state index contributed by atoms with van der Waals surface area (Å²) >= 11 is 1.39. The molecule has 8 heteroatoms. The van der Waals surface area contributed by atoms with E-state index in [1.165, 1.54) is 23.9 Å². The van der Waals surface area contributed by atoms with E-state index in [0.29, 0.717) is 29.9 Å². The second-order valence-corrected chi connectivity index (χ2v) is 5.36. The lowest BCUT2D eigenvalue weighted by Gasteiger charge is -2.32. The van der Waals surface area contributed by atoms with Crippen LogP contribution in [0.5, 0.6) is 0 Å². The van der Waals surface area contributed by atoms with E-state index >= 15 is 0 Å². The number of anilines is 1. The number of alkyl halides is 3. The molecule has 0 saturated carbocycles. The Morgan fingerprint density at radius 3 is 2.55 bits per heavy atom. The van der Waals surface area contributed by atoms with Gasteiger partial charge in [0, 0.05) is 5.69 Å². The summed E-state index contributed by atoms with van der Waals surface area (Å²) in [5.41, 5.74) is -0.0687. The molecule has 2 aliphatic heterocycles. The quantitative estimate of drug-likeness (QED) is 0.799. The number of carbonyl (C=O) groups excluding carboxylic acids is 1. The molecule has 0 bridgehead atoms. The molecule has 0 N–H and O–H groups in total. The molecular weight excluding hydrogens is 291 g/mol. The van der Waals surface area contributed by atoms with Gasteiger partial charge >= 0.3 is 6.18 Å². The van der Waals surface area contributed by atoms with Gasteiger partial charge in [-0.05, 0) is 24.3 Å². The normalized spacial score (nSPS) is 19.1. The zero-order valence-electron chi connectivity index (χ0n) is 10.2. The van der Waals surface area contributed by atoms with Gasteiger partial charge in [-0.2, -0.15) is 13.2 Å². The number of amides is 1. The Hall–Kier alpha value is -1.70. The van der Waals surface area contributed by atoms with Gasteiger partial charge in [-0.1, -0.05) is 11.8 Å². The van der Waals surface area contributed by atoms with Crippen molar-refractivity contribution >= 4 is 28.5 Å². The lowest BCUT2D eigenvalue weighted by molar-refractivity contribution is -0.137. The van der Waals surface area contributed by atoms with E-state index < -0.39 is 11.7 Å². The Balaban J connectivity index is 1.79. The van der Waals surface area contributed by atoms with Crippen molar-refractivity contribution in [2.75, 3.05) is 24.0 Å². The van der Waals surface area contributed by atoms with Gasteiger partial charge in [0.1, 0.15) is 13.3 Å². The van der Waals surface area contributed by atoms with E-state index in [1.54, 1.807) is 9.80 Å². The minimum absolute atomic E-state index is 0.0228. The summed E-state index contributed by atoms with van der Waals surface area (Å²) in [6.07, 6.45) is -4.34. The number of fused-ring (bicyclic) bond motifs is 1. The number of nitrogens with zero attached hydrogens (tertiary/aromatic N) is 3. The molecule has 1 aromatic carbocycles. The Morgan fingerprint density at radius 1 is 1.20 bits per heavy atom. The fraction of sp³-hybridized carbons (Fsp3) is 0.333. The average molecular weight is 301 g/mol. The lowest BCUT2D eigenvalue weighted by atomic mass is 10.2. The van der Waals surface area contributed by atoms with Gasteiger partial charge in [0.15, 0.2) is 5.17 Å². The third-order valence-corrected chi connectivity index (χ3v) is 4.10. The SMILES string of the molecule is O=C1CSC2=NCN(c3ccc(C(F)(F)F)cc3)CN12. The van der Waals surface area contributed by atoms with Crippen molar-refractivity contribution in [2.24, 2.45) is 4.99 Å². The van der Waals surface area contributed by atoms with E-state index in [0.717, 1.165) is 12.1 Å². The zero-order chi connectivity index (χ0) is 14.3. The van der Waals surface area contributed by atoms with Crippen LogP contribution >= 0.6 is 11.8 Å². The highest BCUT2D eigenvalue weighted by molar-refractivity contribution is 8.15. The predicted molar refractivity (Wildman–Crippen MR) is 70.4 cm³/mol. The fourth-order valence-electron chi connectivity index (χ4n) is 2.04. The lowest BCUT2D eigenvalue weighted by Crippen LogP contribution is -2.45. The average Bonchev–Trinajstić information content (AvgIpc) is 2.79. The van der Waals surface area contributed by atoms with Crippen molar-refractivity contribution in [1.82, 2.24) is 4.90 Å². The van der Waals surface area contributed by atoms with Gasteiger partial charge in [-0.25, -0.2) is 4.99 Å². The summed E-state index contributed by atoms with van der Waals surface area (Å²) in [6.45, 7) is 0.674. The van der Waals surface area contributed by atoms with Crippen molar-refractivity contribution < 1.29 is 18.0 Å². The molecule has 0 spiro atoms. The molecule has 106 valence electrons. The van der Waals surface area contributed by atoms with Crippen LogP contribution in [0.2, 0.25) is 0 Å². The van der Waals surface area contributed by atoms with Crippen LogP contribution in [0.1, 0.15) is 5.56 Å². The maximum atomic E-state index is 12.5. The van der Waals surface area contributed by atoms with Crippen LogP contribution in [0.4, 0.5) is 18.9 Å². The van der Waals surface area contributed by atoms with Crippen LogP contribution in [0, 0.1) is 0 Å². The summed E-state index contributed by atoms with van der Waals surface area (Å²) in [5.74, 6) is 0.352. The summed E-state index contributed by atoms with van der Waals surface area (Å²) in [5, 5.41) is 0.693. The summed E-state index contributed by atoms with van der Waals surface area (Å²) in [6, 6.07) is 4.87. The second-order valence-electron chi connectivity index (χ2n) is 4.42. The smallest absolute Gasteiger partial charge is 0.334 e. The Morgan fingerprint density at radius 2 is 1.90 bits per heavy atom. The number of halogens is 3. The molecule has 0 atom stereocenters. The molecule has 0 aromatic heterocycles. The highest BCUT2D eigenvalue weighted by Crippen LogP contribution is 2.31. The molecule has 0 aliphatic carbocycles. The third kappa shape index (κ3) is 2.35. The molecule has 3 rings (SSSR count). The minimum atomic E-state index is -4.34. The highest BCUT2D eigenvalue weighted by Gasteiger charge is 2.33. The molecule has 0 unspecified atom stereocenters. The van der Waals surface area contributed by atoms with Gasteiger partial charge in [-0.15, -0.1) is 0 Å². The van der Waals surface area contributed by atoms with E-state index in [4.69, 9.17) is 0 Å². The van der Waals surface area contributed by atoms with Crippen molar-refractivity contribution in [2.45, 2.75) is 6.18 Å². The van der Waals surface area contributed by atoms with Crippen LogP contribution in [0.15, 0.2) is 29.3 Å². The van der Waals surface area contributed by atoms with Crippen molar-refractivity contribution in [1.29, 1.82) is 0 Å². The maximum Gasteiger partial charge on any atom is 0.416 e. The number of thioether (sulfide) groups is 1. The number of aliphatic imine (C=N–C) groups is 1. The van der Waals surface area contributed by atoms with Crippen LogP contribution in [0.3, 0.4) is 0 Å². The number of amidine groups is 1. The number of hydrogen-bond donors (Lipinski definition) is 0. The van der Waals surface area contributed by atoms with Crippen LogP contribution < -0.4 is 4.90 Å². The molecule has 1 amide bonds. The Kier molecular flexibility index (Phi) is 3.12. The first-order chi connectivity index (χ1) is 9.45. The van der Waals surface area contributed by atoms with Gasteiger partial charge in [0.2, 0.25) is 5.91 Å². The van der Waals surface area contributed by atoms with Gasteiger partial charge in [0.25, 0.3) is 0 Å². The Bertz CT molecular complexity index is 570. The zero-order valence-corrected chi connectivity index (χ0v) is 11.0. The standard InChI is InChI=1S/C12H10F3N3OS/c13-12(14,15)8-1-3-9(4-2-8)17-6-16-11-18(7-17)10(19)5-20-11/h1-4H,5-7H2. The summed E-state index contributed by atoms with van der Waals surface area (Å²) in [7, 11) is 0. The maximum absolute atomic E-state index is 12.5. The Labute approximate surface area is 117 Å². The van der Waals surface area contributed by atoms with Gasteiger partial charge < -0.3 is 4.90 Å². The molecule has 1 aromatic rings. The molecule has 20 heavy (non-hydrogen) atoms. The van der Waals surface area contributed by atoms with Crippen molar-refractivity contribution in [3.63, 3.8) is 0 Å². The van der Waals surface area contributed by atoms with Crippen LogP contribution in [-0.4, -0.2) is 35.1 Å². The third-order valence-electron chi connectivity index (χ3n) is 3.11. The molecule has 2 heterocycles. The summed E-state index contributed by atoms with van der Waals surface area (Å²) in [4.78, 5) is 19.2. The number of hydrogen-bond acceptors (Lipinski definition) is 4. The molecule has 4 nitrogen and oxygen atoms in total. The van der Waals surface area contributed by atoms with Gasteiger partial charge in [0.05, 0.1) is 11.3 Å². The van der Waals surface area contributed by atoms with Crippen LogP contribution in [-0.2, 0) is 11.0 Å². The largest absolute Gasteiger partial charge is 0.416 e. The number of rotatable bonds is 1. The van der Waals surface area contributed by atoms with Crippen molar-refractivity contribution in [3.8, 4) is 0 Å². The first-order valence-electron chi connectivity index (χ1n) is 5.85. The van der Waals surface area contributed by atoms with Crippen LogP contribution in [0.25, 0.3) is 0 Å². The topological polar surface area (TPSA) is 35.9 Å². The van der Waals surface area contributed by atoms with Gasteiger partial charge in [-0.3, -0.25) is 9.69 Å². The highest BCUT2D eigenvalue weighted by atomic mass is 32.2. The molecule has 2 aliphatic rings. The first-order valence-corrected chi connectivity index (χ1v) is 6.83. The molecule has 1 fully saturated rings. The first kappa shape index (κ1) is 13.3. The number of carbonyl (C=O) groups is 1. The molecule has 1 saturated heterocycles. The van der Waals surface area contributed by atoms with E-state index in [2.05, 4.69) is 4.99 Å². The van der Waals surface area contributed by atoms with E-state index in [9.17, 15) is 18.0 Å². The monoisotopic (exact) mass is 301 g/mol. The molecule has 0 radical (unpaired) electrons. The minimum Gasteiger partial charge on any atom is -0.334 e. The van der Waals surface area contributed by atoms with Crippen molar-refractivity contribution in [3.05, 3.63) is 29.8 Å². The van der Waals surface area contributed by atoms with E-state index in [-0.39, 0.29) is 5.91 Å². The fourth-order valence-corrected chi connectivity index (χ4v) is 2.92.